The number of aromatic nitrogens is 2. The van der Waals surface area contributed by atoms with Crippen LogP contribution in [0.1, 0.15) is 22.3 Å². The molecule has 2 heterocycles. The molecule has 3 heteroatoms. The Bertz CT molecular complexity index is 2880. The highest BCUT2D eigenvalue weighted by molar-refractivity contribution is 7.99. The van der Waals surface area contributed by atoms with Gasteiger partial charge in [0.05, 0.1) is 16.8 Å². The highest BCUT2D eigenvalue weighted by atomic mass is 32.2. The minimum atomic E-state index is -0.413. The summed E-state index contributed by atoms with van der Waals surface area (Å²) in [4.78, 5) is 12.9. The zero-order valence-electron chi connectivity index (χ0n) is 29.3. The molecule has 8 aromatic carbocycles. The van der Waals surface area contributed by atoms with E-state index in [-0.39, 0.29) is 0 Å². The van der Waals surface area contributed by atoms with Crippen LogP contribution < -0.4 is 0 Å². The fraction of sp³-hybridized carbons (Fsp3) is 0.0196. The summed E-state index contributed by atoms with van der Waals surface area (Å²) in [6.45, 7) is 0. The standard InChI is InChI=1S/C51H32N2S/c1-2-14-34(15-3-1)50-52-46(32-47(53-50)39-26-25-33-13-4-5-16-35(33)29-39)38-18-12-17-36(30-38)37-27-28-49-45(31-37)51(44-23-10-11-24-48(44)54-49)42-21-8-6-19-40(42)41-20-7-9-22-43(41)51/h1-32H. The van der Waals surface area contributed by atoms with Crippen LogP contribution in [0.25, 0.3) is 66.9 Å². The topological polar surface area (TPSA) is 25.8 Å². The van der Waals surface area contributed by atoms with Gasteiger partial charge < -0.3 is 0 Å². The van der Waals surface area contributed by atoms with E-state index >= 15 is 0 Å². The van der Waals surface area contributed by atoms with Crippen LogP contribution in [0.2, 0.25) is 0 Å². The maximum atomic E-state index is 5.19. The lowest BCUT2D eigenvalue weighted by molar-refractivity contribution is 0.723. The van der Waals surface area contributed by atoms with Crippen LogP contribution in [-0.4, -0.2) is 9.97 Å². The molecule has 252 valence electrons. The maximum Gasteiger partial charge on any atom is 0.160 e. The predicted octanol–water partition coefficient (Wildman–Crippen LogP) is 13.1. The monoisotopic (exact) mass is 704 g/mol. The summed E-state index contributed by atoms with van der Waals surface area (Å²) >= 11 is 1.88. The third-order valence-electron chi connectivity index (χ3n) is 11.1. The van der Waals surface area contributed by atoms with Crippen LogP contribution in [0, 0.1) is 0 Å². The van der Waals surface area contributed by atoms with Gasteiger partial charge in [0.1, 0.15) is 0 Å². The van der Waals surface area contributed by atoms with E-state index in [1.54, 1.807) is 0 Å². The molecule has 11 rings (SSSR count). The molecule has 0 bridgehead atoms. The van der Waals surface area contributed by atoms with Crippen molar-refractivity contribution >= 4 is 22.5 Å². The van der Waals surface area contributed by atoms with Gasteiger partial charge in [0.2, 0.25) is 0 Å². The van der Waals surface area contributed by atoms with E-state index in [0.717, 1.165) is 33.6 Å². The summed E-state index contributed by atoms with van der Waals surface area (Å²) in [6.07, 6.45) is 0. The molecule has 0 amide bonds. The number of nitrogens with zero attached hydrogens (tertiary/aromatic N) is 2. The Kier molecular flexibility index (Phi) is 7.05. The van der Waals surface area contributed by atoms with Crippen LogP contribution in [0.5, 0.6) is 0 Å². The Hall–Kier alpha value is -6.55. The normalized spacial score (nSPS) is 13.3. The van der Waals surface area contributed by atoms with Crippen molar-refractivity contribution in [2.45, 2.75) is 15.2 Å². The maximum absolute atomic E-state index is 5.19. The van der Waals surface area contributed by atoms with Gasteiger partial charge in [-0.15, -0.1) is 0 Å². The molecule has 0 N–H and O–H groups in total. The summed E-state index contributed by atoms with van der Waals surface area (Å²) in [5, 5.41) is 2.40. The van der Waals surface area contributed by atoms with E-state index in [2.05, 4.69) is 176 Å². The van der Waals surface area contributed by atoms with Crippen LogP contribution in [-0.2, 0) is 5.41 Å². The molecule has 54 heavy (non-hydrogen) atoms. The van der Waals surface area contributed by atoms with E-state index in [0.29, 0.717) is 5.82 Å². The molecule has 2 nitrogen and oxygen atoms in total. The summed E-state index contributed by atoms with van der Waals surface area (Å²) in [7, 11) is 0. The van der Waals surface area contributed by atoms with Crippen LogP contribution in [0.3, 0.4) is 0 Å². The van der Waals surface area contributed by atoms with Crippen molar-refractivity contribution in [3.05, 3.63) is 216 Å². The Morgan fingerprint density at radius 1 is 0.333 bits per heavy atom. The van der Waals surface area contributed by atoms with Gasteiger partial charge in [-0.1, -0.05) is 169 Å². The molecule has 0 saturated carbocycles. The molecule has 1 aliphatic heterocycles. The third kappa shape index (κ3) is 4.75. The van der Waals surface area contributed by atoms with Crippen molar-refractivity contribution in [3.63, 3.8) is 0 Å². The van der Waals surface area contributed by atoms with Gasteiger partial charge >= 0.3 is 0 Å². The molecule has 1 aliphatic carbocycles. The summed E-state index contributed by atoms with van der Waals surface area (Å²) in [5.41, 5.74) is 14.8. The number of benzene rings is 8. The van der Waals surface area contributed by atoms with Gasteiger partial charge in [-0.25, -0.2) is 9.97 Å². The fourth-order valence-corrected chi connectivity index (χ4v) is 9.87. The summed E-state index contributed by atoms with van der Waals surface area (Å²) < 4.78 is 0. The van der Waals surface area contributed by atoms with Crippen molar-refractivity contribution in [2.75, 3.05) is 0 Å². The second kappa shape index (κ2) is 12.3. The zero-order chi connectivity index (χ0) is 35.6. The lowest BCUT2D eigenvalue weighted by atomic mass is 9.67. The highest BCUT2D eigenvalue weighted by Crippen LogP contribution is 2.62. The first kappa shape index (κ1) is 31.0. The van der Waals surface area contributed by atoms with Crippen molar-refractivity contribution in [1.29, 1.82) is 0 Å². The van der Waals surface area contributed by atoms with E-state index < -0.39 is 5.41 Å². The molecule has 0 radical (unpaired) electrons. The van der Waals surface area contributed by atoms with E-state index in [9.17, 15) is 0 Å². The smallest absolute Gasteiger partial charge is 0.160 e. The minimum Gasteiger partial charge on any atom is -0.228 e. The average Bonchev–Trinajstić information content (AvgIpc) is 3.54. The number of hydrogen-bond donors (Lipinski definition) is 0. The molecule has 9 aromatic rings. The number of hydrogen-bond acceptors (Lipinski definition) is 3. The quantitative estimate of drug-likeness (QED) is 0.182. The second-order valence-electron chi connectivity index (χ2n) is 14.1. The van der Waals surface area contributed by atoms with Crippen molar-refractivity contribution in [1.82, 2.24) is 9.97 Å². The third-order valence-corrected chi connectivity index (χ3v) is 12.3. The predicted molar refractivity (Wildman–Crippen MR) is 223 cm³/mol. The Labute approximate surface area is 318 Å². The van der Waals surface area contributed by atoms with Crippen molar-refractivity contribution in [3.8, 4) is 56.2 Å². The lowest BCUT2D eigenvalue weighted by Crippen LogP contribution is -2.32. The molecule has 1 aromatic heterocycles. The van der Waals surface area contributed by atoms with Gasteiger partial charge in [0.15, 0.2) is 5.82 Å². The molecular formula is C51H32N2S. The molecule has 0 atom stereocenters. The van der Waals surface area contributed by atoms with E-state index in [1.165, 1.54) is 59.5 Å². The fourth-order valence-electron chi connectivity index (χ4n) is 8.70. The first-order valence-corrected chi connectivity index (χ1v) is 19.2. The molecular weight excluding hydrogens is 673 g/mol. The molecule has 2 aliphatic rings. The minimum absolute atomic E-state index is 0.413. The molecule has 0 saturated heterocycles. The van der Waals surface area contributed by atoms with Crippen molar-refractivity contribution < 1.29 is 0 Å². The first-order chi connectivity index (χ1) is 26.7. The zero-order valence-corrected chi connectivity index (χ0v) is 30.1. The van der Waals surface area contributed by atoms with Crippen LogP contribution in [0.4, 0.5) is 0 Å². The van der Waals surface area contributed by atoms with Gasteiger partial charge in [-0.05, 0) is 91.7 Å². The molecule has 0 fully saturated rings. The number of fused-ring (bicyclic) bond motifs is 10. The van der Waals surface area contributed by atoms with Gasteiger partial charge in [-0.2, -0.15) is 0 Å². The lowest BCUT2D eigenvalue weighted by Gasteiger charge is -2.40. The molecule has 1 spiro atoms. The SMILES string of the molecule is c1ccc(-c2nc(-c3cccc(-c4ccc5c(c4)C4(c6ccccc6S5)c5ccccc5-c5ccccc54)c3)cc(-c3ccc4ccccc4c3)n2)cc1. The largest absolute Gasteiger partial charge is 0.228 e. The Balaban J connectivity index is 1.08. The molecule has 0 unspecified atom stereocenters. The average molecular weight is 705 g/mol. The number of rotatable bonds is 4. The van der Waals surface area contributed by atoms with E-state index in [4.69, 9.17) is 9.97 Å². The first-order valence-electron chi connectivity index (χ1n) is 18.4. The summed E-state index contributed by atoms with van der Waals surface area (Å²) in [5.74, 6) is 0.714. The van der Waals surface area contributed by atoms with Crippen LogP contribution >= 0.6 is 11.8 Å². The van der Waals surface area contributed by atoms with E-state index in [1.807, 2.05) is 30.0 Å². The summed E-state index contributed by atoms with van der Waals surface area (Å²) in [6, 6.07) is 70.3. The van der Waals surface area contributed by atoms with Crippen LogP contribution in [0.15, 0.2) is 204 Å². The van der Waals surface area contributed by atoms with Gasteiger partial charge in [0, 0.05) is 26.5 Å². The Morgan fingerprint density at radius 2 is 0.889 bits per heavy atom. The Morgan fingerprint density at radius 3 is 1.67 bits per heavy atom. The van der Waals surface area contributed by atoms with Gasteiger partial charge in [-0.3, -0.25) is 0 Å². The highest BCUT2D eigenvalue weighted by Gasteiger charge is 2.50. The van der Waals surface area contributed by atoms with Gasteiger partial charge in [0.25, 0.3) is 0 Å². The van der Waals surface area contributed by atoms with Crippen molar-refractivity contribution in [2.24, 2.45) is 0 Å². The second-order valence-corrected chi connectivity index (χ2v) is 15.2.